The van der Waals surface area contributed by atoms with E-state index in [0.29, 0.717) is 18.7 Å². The molecular weight excluding hydrogens is 318 g/mol. The molecule has 0 saturated heterocycles. The van der Waals surface area contributed by atoms with Crippen LogP contribution < -0.4 is 5.73 Å². The molecule has 0 unspecified atom stereocenters. The Hall–Kier alpha value is -3.16. The Bertz CT molecular complexity index is 846. The van der Waals surface area contributed by atoms with Gasteiger partial charge in [-0.1, -0.05) is 6.08 Å². The van der Waals surface area contributed by atoms with Crippen molar-refractivity contribution in [1.82, 2.24) is 9.88 Å². The molecule has 1 aliphatic heterocycles. The summed E-state index contributed by atoms with van der Waals surface area (Å²) in [7, 11) is 1.92. The molecule has 3 rings (SSSR count). The minimum atomic E-state index is -1.74. The van der Waals surface area contributed by atoms with Crippen LogP contribution in [0.25, 0.3) is 0 Å². The van der Waals surface area contributed by atoms with Crippen molar-refractivity contribution in [2.45, 2.75) is 5.92 Å². The smallest absolute Gasteiger partial charge is 0.337 e. The molecule has 1 aromatic rings. The van der Waals surface area contributed by atoms with Crippen molar-refractivity contribution in [3.8, 4) is 12.1 Å². The van der Waals surface area contributed by atoms with Crippen LogP contribution in [0.4, 0.5) is 0 Å². The van der Waals surface area contributed by atoms with Gasteiger partial charge < -0.3 is 15.7 Å². The third-order valence-corrected chi connectivity index (χ3v) is 5.01. The summed E-state index contributed by atoms with van der Waals surface area (Å²) in [5.41, 5.74) is 5.46. The van der Waals surface area contributed by atoms with Gasteiger partial charge in [0, 0.05) is 37.3 Å². The number of carboxylic acid groups (broad SMARTS) is 1. The zero-order valence-corrected chi connectivity index (χ0v) is 13.7. The second-order valence-corrected chi connectivity index (χ2v) is 6.37. The zero-order valence-electron chi connectivity index (χ0n) is 13.7. The number of aliphatic carboxylic acids is 1. The lowest BCUT2D eigenvalue weighted by Gasteiger charge is -2.45. The minimum Gasteiger partial charge on any atom is -0.478 e. The molecule has 2 atom stereocenters. The first-order valence-corrected chi connectivity index (χ1v) is 7.81. The number of carbonyl (C=O) groups is 1. The standard InChI is InChI=1S/C18H17N5O2/c1-23-7-4-12-13(8-23)15(11-2-5-22-6-3-11)18(9-19,10-20)16(21)14(12)17(24)25/h2-6,13,15H,7-8,21H2,1H3,(H,24,25)/t13-,15+/m0/s1. The normalized spacial score (nSPS) is 25.3. The third kappa shape index (κ3) is 2.37. The predicted molar refractivity (Wildman–Crippen MR) is 88.6 cm³/mol. The van der Waals surface area contributed by atoms with Crippen LogP contribution in [0.15, 0.2) is 47.4 Å². The molecule has 7 heteroatoms. The van der Waals surface area contributed by atoms with Crippen molar-refractivity contribution in [1.29, 1.82) is 10.5 Å². The zero-order chi connectivity index (χ0) is 18.2. The summed E-state index contributed by atoms with van der Waals surface area (Å²) in [4.78, 5) is 17.9. The van der Waals surface area contributed by atoms with Gasteiger partial charge in [-0.15, -0.1) is 0 Å². The first-order chi connectivity index (χ1) is 12.0. The minimum absolute atomic E-state index is 0.105. The van der Waals surface area contributed by atoms with E-state index in [9.17, 15) is 20.4 Å². The molecule has 2 heterocycles. The van der Waals surface area contributed by atoms with E-state index in [1.807, 2.05) is 30.2 Å². The molecule has 7 nitrogen and oxygen atoms in total. The number of likely N-dealkylation sites (N-methyl/N-ethyl adjacent to an activating group) is 1. The van der Waals surface area contributed by atoms with Gasteiger partial charge in [0.2, 0.25) is 0 Å². The van der Waals surface area contributed by atoms with Crippen LogP contribution in [0.2, 0.25) is 0 Å². The Morgan fingerprint density at radius 2 is 2.04 bits per heavy atom. The fourth-order valence-electron chi connectivity index (χ4n) is 3.88. The monoisotopic (exact) mass is 335 g/mol. The fourth-order valence-corrected chi connectivity index (χ4v) is 3.88. The summed E-state index contributed by atoms with van der Waals surface area (Å²) in [6.07, 6.45) is 5.02. The van der Waals surface area contributed by atoms with Crippen LogP contribution in [0.1, 0.15) is 11.5 Å². The number of nitrogens with two attached hydrogens (primary N) is 1. The molecule has 2 aliphatic rings. The maximum Gasteiger partial charge on any atom is 0.337 e. The van der Waals surface area contributed by atoms with E-state index in [0.717, 1.165) is 5.56 Å². The Balaban J connectivity index is 2.35. The Morgan fingerprint density at radius 3 is 2.60 bits per heavy atom. The summed E-state index contributed by atoms with van der Waals surface area (Å²) < 4.78 is 0. The van der Waals surface area contributed by atoms with E-state index in [1.165, 1.54) is 0 Å². The molecule has 1 aromatic heterocycles. The van der Waals surface area contributed by atoms with Crippen LogP contribution >= 0.6 is 0 Å². The highest BCUT2D eigenvalue weighted by Crippen LogP contribution is 2.54. The van der Waals surface area contributed by atoms with Gasteiger partial charge in [-0.05, 0) is 30.3 Å². The highest BCUT2D eigenvalue weighted by Gasteiger charge is 2.55. The Morgan fingerprint density at radius 1 is 1.40 bits per heavy atom. The number of hydrogen-bond donors (Lipinski definition) is 2. The van der Waals surface area contributed by atoms with Gasteiger partial charge >= 0.3 is 5.97 Å². The molecule has 0 bridgehead atoms. The average Bonchev–Trinajstić information content (AvgIpc) is 2.61. The highest BCUT2D eigenvalue weighted by atomic mass is 16.4. The molecule has 0 fully saturated rings. The third-order valence-electron chi connectivity index (χ3n) is 5.01. The number of nitriles is 2. The maximum atomic E-state index is 11.8. The summed E-state index contributed by atoms with van der Waals surface area (Å²) in [6.45, 7) is 1.12. The van der Waals surface area contributed by atoms with Gasteiger partial charge in [0.1, 0.15) is 0 Å². The topological polar surface area (TPSA) is 127 Å². The quantitative estimate of drug-likeness (QED) is 0.825. The number of allylic oxidation sites excluding steroid dienone is 1. The molecule has 0 amide bonds. The van der Waals surface area contributed by atoms with E-state index in [2.05, 4.69) is 4.98 Å². The van der Waals surface area contributed by atoms with Crippen molar-refractivity contribution in [2.24, 2.45) is 17.1 Å². The van der Waals surface area contributed by atoms with Crippen LogP contribution in [-0.4, -0.2) is 41.1 Å². The van der Waals surface area contributed by atoms with E-state index in [4.69, 9.17) is 5.73 Å². The van der Waals surface area contributed by atoms with Gasteiger partial charge in [-0.2, -0.15) is 10.5 Å². The summed E-state index contributed by atoms with van der Waals surface area (Å²) in [5.74, 6) is -2.09. The number of aromatic nitrogens is 1. The second-order valence-electron chi connectivity index (χ2n) is 6.37. The van der Waals surface area contributed by atoms with Gasteiger partial charge in [0.05, 0.1) is 23.4 Å². The maximum absolute atomic E-state index is 11.8. The molecule has 25 heavy (non-hydrogen) atoms. The number of rotatable bonds is 2. The predicted octanol–water partition coefficient (Wildman–Crippen LogP) is 0.998. The van der Waals surface area contributed by atoms with E-state index >= 15 is 0 Å². The van der Waals surface area contributed by atoms with E-state index in [-0.39, 0.29) is 17.2 Å². The van der Waals surface area contributed by atoms with Crippen LogP contribution in [0.5, 0.6) is 0 Å². The van der Waals surface area contributed by atoms with Crippen LogP contribution in [-0.2, 0) is 4.79 Å². The number of hydrogen-bond acceptors (Lipinski definition) is 6. The molecule has 1 aliphatic carbocycles. The summed E-state index contributed by atoms with van der Waals surface area (Å²) in [5, 5.41) is 29.4. The van der Waals surface area contributed by atoms with Gasteiger partial charge in [-0.25, -0.2) is 4.79 Å². The molecule has 126 valence electrons. The number of nitrogens with zero attached hydrogens (tertiary/aromatic N) is 4. The summed E-state index contributed by atoms with van der Waals surface area (Å²) >= 11 is 0. The average molecular weight is 335 g/mol. The lowest BCUT2D eigenvalue weighted by Crippen LogP contribution is -2.48. The molecule has 3 N–H and O–H groups in total. The number of carboxylic acids is 1. The first-order valence-electron chi connectivity index (χ1n) is 7.81. The van der Waals surface area contributed by atoms with Crippen molar-refractivity contribution in [3.05, 3.63) is 53.0 Å². The first kappa shape index (κ1) is 16.7. The van der Waals surface area contributed by atoms with Gasteiger partial charge in [-0.3, -0.25) is 4.98 Å². The fraction of sp³-hybridized carbons (Fsp3) is 0.333. The van der Waals surface area contributed by atoms with Crippen molar-refractivity contribution in [3.63, 3.8) is 0 Å². The van der Waals surface area contributed by atoms with Gasteiger partial charge in [0.15, 0.2) is 5.41 Å². The molecule has 0 spiro atoms. The SMILES string of the molecule is CN1CC=C2C(C(=O)O)=C(N)C(C#N)(C#N)[C@H](c3ccncc3)[C@H]2C1. The number of fused-ring (bicyclic) bond motifs is 1. The Labute approximate surface area is 145 Å². The van der Waals surface area contributed by atoms with Crippen molar-refractivity contribution in [2.75, 3.05) is 20.1 Å². The Kier molecular flexibility index (Phi) is 4.03. The second kappa shape index (κ2) is 6.04. The molecular formula is C18H17N5O2. The van der Waals surface area contributed by atoms with Crippen LogP contribution in [0, 0.1) is 34.0 Å². The summed E-state index contributed by atoms with van der Waals surface area (Å²) in [6, 6.07) is 7.55. The largest absolute Gasteiger partial charge is 0.478 e. The van der Waals surface area contributed by atoms with Gasteiger partial charge in [0.25, 0.3) is 0 Å². The molecule has 0 radical (unpaired) electrons. The van der Waals surface area contributed by atoms with E-state index in [1.54, 1.807) is 24.5 Å². The highest BCUT2D eigenvalue weighted by molar-refractivity contribution is 5.94. The van der Waals surface area contributed by atoms with Crippen molar-refractivity contribution < 1.29 is 9.90 Å². The van der Waals surface area contributed by atoms with Crippen molar-refractivity contribution >= 4 is 5.97 Å². The lowest BCUT2D eigenvalue weighted by molar-refractivity contribution is -0.132. The lowest BCUT2D eigenvalue weighted by atomic mass is 9.58. The van der Waals surface area contributed by atoms with Crippen LogP contribution in [0.3, 0.4) is 0 Å². The molecule has 0 saturated carbocycles. The van der Waals surface area contributed by atoms with E-state index < -0.39 is 17.3 Å². The number of pyridine rings is 1. The molecule has 0 aromatic carbocycles.